The van der Waals surface area contributed by atoms with Gasteiger partial charge in [-0.1, -0.05) is 46.3 Å². The number of anilines is 1. The summed E-state index contributed by atoms with van der Waals surface area (Å²) in [4.78, 5) is 0. The maximum atomic E-state index is 5.27. The van der Waals surface area contributed by atoms with Gasteiger partial charge in [0, 0.05) is 10.9 Å². The summed E-state index contributed by atoms with van der Waals surface area (Å²) in [6, 6.07) is 27.1. The van der Waals surface area contributed by atoms with Crippen molar-refractivity contribution in [1.82, 2.24) is 0 Å². The Bertz CT molecular complexity index is 905. The highest BCUT2D eigenvalue weighted by atomic mass is 79.9. The first-order valence-electron chi connectivity index (χ1n) is 8.56. The van der Waals surface area contributed by atoms with Crippen molar-refractivity contribution in [1.29, 1.82) is 0 Å². The molecule has 0 amide bonds. The van der Waals surface area contributed by atoms with E-state index in [1.807, 2.05) is 18.2 Å². The van der Waals surface area contributed by atoms with Gasteiger partial charge in [-0.2, -0.15) is 5.10 Å². The van der Waals surface area contributed by atoms with Crippen LogP contribution >= 0.6 is 15.9 Å². The van der Waals surface area contributed by atoms with Gasteiger partial charge in [0.1, 0.15) is 5.75 Å². The van der Waals surface area contributed by atoms with Crippen molar-refractivity contribution in [3.63, 3.8) is 0 Å². The van der Waals surface area contributed by atoms with Crippen molar-refractivity contribution in [2.75, 3.05) is 12.1 Å². The molecular formula is C22H19BrN2O. The Hall–Kier alpha value is -2.59. The summed E-state index contributed by atoms with van der Waals surface area (Å²) in [6.45, 7) is 0. The number of benzene rings is 3. The normalized spacial score (nSPS) is 16.5. The number of hydrogen-bond donors (Lipinski definition) is 0. The van der Waals surface area contributed by atoms with Gasteiger partial charge in [-0.15, -0.1) is 0 Å². The SMILES string of the molecule is COc1ccc(C2=NN(c3ccccc3)[C@H](c3ccc(Br)cc3)C2)cc1. The number of para-hydroxylation sites is 1. The number of ether oxygens (including phenoxy) is 1. The Labute approximate surface area is 162 Å². The lowest BCUT2D eigenvalue weighted by Gasteiger charge is -2.24. The Morgan fingerprint density at radius 1 is 0.923 bits per heavy atom. The molecule has 0 unspecified atom stereocenters. The van der Waals surface area contributed by atoms with Gasteiger partial charge in [0.05, 0.1) is 24.6 Å². The van der Waals surface area contributed by atoms with Crippen LogP contribution in [0.1, 0.15) is 23.6 Å². The van der Waals surface area contributed by atoms with Crippen molar-refractivity contribution in [3.8, 4) is 5.75 Å². The first-order chi connectivity index (χ1) is 12.7. The Kier molecular flexibility index (Phi) is 4.76. The maximum absolute atomic E-state index is 5.27. The van der Waals surface area contributed by atoms with Gasteiger partial charge in [0.25, 0.3) is 0 Å². The fourth-order valence-corrected chi connectivity index (χ4v) is 3.50. The predicted molar refractivity (Wildman–Crippen MR) is 110 cm³/mol. The van der Waals surface area contributed by atoms with E-state index in [-0.39, 0.29) is 6.04 Å². The number of halogens is 1. The van der Waals surface area contributed by atoms with Crippen molar-refractivity contribution in [3.05, 3.63) is 94.5 Å². The molecule has 4 heteroatoms. The van der Waals surface area contributed by atoms with Crippen LogP contribution in [0.5, 0.6) is 5.75 Å². The molecule has 0 aromatic heterocycles. The minimum atomic E-state index is 0.183. The van der Waals surface area contributed by atoms with E-state index in [0.29, 0.717) is 0 Å². The number of hydrogen-bond acceptors (Lipinski definition) is 3. The largest absolute Gasteiger partial charge is 0.497 e. The van der Waals surface area contributed by atoms with Gasteiger partial charge in [0.2, 0.25) is 0 Å². The molecule has 4 rings (SSSR count). The molecule has 0 spiro atoms. The Morgan fingerprint density at radius 2 is 1.62 bits per heavy atom. The van der Waals surface area contributed by atoms with E-state index >= 15 is 0 Å². The number of nitrogens with zero attached hydrogens (tertiary/aromatic N) is 2. The lowest BCUT2D eigenvalue weighted by molar-refractivity contribution is 0.415. The molecule has 0 saturated heterocycles. The zero-order chi connectivity index (χ0) is 17.9. The van der Waals surface area contributed by atoms with Crippen LogP contribution in [0.4, 0.5) is 5.69 Å². The predicted octanol–water partition coefficient (Wildman–Crippen LogP) is 5.81. The molecule has 0 bridgehead atoms. The summed E-state index contributed by atoms with van der Waals surface area (Å²) >= 11 is 3.52. The summed E-state index contributed by atoms with van der Waals surface area (Å²) in [6.07, 6.45) is 0.864. The van der Waals surface area contributed by atoms with Crippen molar-refractivity contribution < 1.29 is 4.74 Å². The second-order valence-corrected chi connectivity index (χ2v) is 7.14. The number of hydrazone groups is 1. The van der Waals surface area contributed by atoms with E-state index in [9.17, 15) is 0 Å². The van der Waals surface area contributed by atoms with Crippen LogP contribution in [-0.4, -0.2) is 12.8 Å². The average molecular weight is 407 g/mol. The van der Waals surface area contributed by atoms with Crippen LogP contribution in [0.2, 0.25) is 0 Å². The average Bonchev–Trinajstić information content (AvgIpc) is 3.15. The van der Waals surface area contributed by atoms with Crippen LogP contribution in [0.25, 0.3) is 0 Å². The van der Waals surface area contributed by atoms with E-state index in [2.05, 4.69) is 81.6 Å². The lowest BCUT2D eigenvalue weighted by Crippen LogP contribution is -2.18. The molecule has 130 valence electrons. The zero-order valence-electron chi connectivity index (χ0n) is 14.5. The number of methoxy groups -OCH3 is 1. The maximum Gasteiger partial charge on any atom is 0.118 e. The Morgan fingerprint density at radius 3 is 2.27 bits per heavy atom. The fraction of sp³-hybridized carbons (Fsp3) is 0.136. The van der Waals surface area contributed by atoms with Crippen molar-refractivity contribution in [2.24, 2.45) is 5.10 Å². The van der Waals surface area contributed by atoms with Crippen LogP contribution in [0.3, 0.4) is 0 Å². The first-order valence-corrected chi connectivity index (χ1v) is 9.35. The Balaban J connectivity index is 1.71. The van der Waals surface area contributed by atoms with Crippen LogP contribution in [0.15, 0.2) is 88.4 Å². The third-order valence-electron chi connectivity index (χ3n) is 4.61. The quantitative estimate of drug-likeness (QED) is 0.545. The van der Waals surface area contributed by atoms with Gasteiger partial charge in [0.15, 0.2) is 0 Å². The molecule has 0 fully saturated rings. The standard InChI is InChI=1S/C22H19BrN2O/c1-26-20-13-9-16(10-14-20)21-15-22(17-7-11-18(23)12-8-17)25(24-21)19-5-3-2-4-6-19/h2-14,22H,15H2,1H3/t22-/m0/s1. The minimum absolute atomic E-state index is 0.183. The molecular weight excluding hydrogens is 388 g/mol. The van der Waals surface area contributed by atoms with E-state index in [4.69, 9.17) is 9.84 Å². The summed E-state index contributed by atoms with van der Waals surface area (Å²) in [5.74, 6) is 0.858. The molecule has 26 heavy (non-hydrogen) atoms. The molecule has 1 aliphatic heterocycles. The highest BCUT2D eigenvalue weighted by molar-refractivity contribution is 9.10. The molecule has 0 radical (unpaired) electrons. The lowest BCUT2D eigenvalue weighted by atomic mass is 9.98. The molecule has 0 saturated carbocycles. The zero-order valence-corrected chi connectivity index (χ0v) is 16.1. The number of rotatable bonds is 4. The topological polar surface area (TPSA) is 24.8 Å². The second kappa shape index (κ2) is 7.34. The summed E-state index contributed by atoms with van der Waals surface area (Å²) in [5, 5.41) is 7.09. The minimum Gasteiger partial charge on any atom is -0.497 e. The van der Waals surface area contributed by atoms with Gasteiger partial charge >= 0.3 is 0 Å². The summed E-state index contributed by atoms with van der Waals surface area (Å²) in [5.41, 5.74) is 4.57. The molecule has 1 aliphatic rings. The van der Waals surface area contributed by atoms with Gasteiger partial charge in [-0.25, -0.2) is 0 Å². The smallest absolute Gasteiger partial charge is 0.118 e. The highest BCUT2D eigenvalue weighted by Crippen LogP contribution is 2.37. The van der Waals surface area contributed by atoms with E-state index in [1.165, 1.54) is 5.56 Å². The molecule has 0 aliphatic carbocycles. The summed E-state index contributed by atoms with van der Waals surface area (Å²) < 4.78 is 6.35. The monoisotopic (exact) mass is 406 g/mol. The highest BCUT2D eigenvalue weighted by Gasteiger charge is 2.29. The van der Waals surface area contributed by atoms with Crippen molar-refractivity contribution in [2.45, 2.75) is 12.5 Å². The first kappa shape index (κ1) is 16.9. The second-order valence-electron chi connectivity index (χ2n) is 6.23. The van der Waals surface area contributed by atoms with Gasteiger partial charge in [-0.3, -0.25) is 5.01 Å². The van der Waals surface area contributed by atoms with Crippen LogP contribution < -0.4 is 9.75 Å². The molecule has 1 heterocycles. The van der Waals surface area contributed by atoms with E-state index in [1.54, 1.807) is 7.11 Å². The third kappa shape index (κ3) is 3.37. The van der Waals surface area contributed by atoms with E-state index in [0.717, 1.165) is 33.6 Å². The van der Waals surface area contributed by atoms with Crippen LogP contribution in [-0.2, 0) is 0 Å². The van der Waals surface area contributed by atoms with Gasteiger partial charge < -0.3 is 4.74 Å². The third-order valence-corrected chi connectivity index (χ3v) is 5.14. The molecule has 1 atom stereocenters. The molecule has 3 aromatic carbocycles. The fourth-order valence-electron chi connectivity index (χ4n) is 3.23. The molecule has 3 aromatic rings. The van der Waals surface area contributed by atoms with Crippen LogP contribution in [0, 0.1) is 0 Å². The molecule has 0 N–H and O–H groups in total. The summed E-state index contributed by atoms with van der Waals surface area (Å²) in [7, 11) is 1.68. The molecule has 3 nitrogen and oxygen atoms in total. The van der Waals surface area contributed by atoms with Gasteiger partial charge in [-0.05, 0) is 59.7 Å². The van der Waals surface area contributed by atoms with E-state index < -0.39 is 0 Å². The van der Waals surface area contributed by atoms with Crippen molar-refractivity contribution >= 4 is 27.3 Å².